The van der Waals surface area contributed by atoms with E-state index in [1.165, 1.54) is 11.6 Å². The van der Waals surface area contributed by atoms with Crippen LogP contribution in [0.5, 0.6) is 5.75 Å². The van der Waals surface area contributed by atoms with E-state index in [1.54, 1.807) is 32.2 Å². The van der Waals surface area contributed by atoms with Gasteiger partial charge in [0.05, 0.1) is 23.3 Å². The summed E-state index contributed by atoms with van der Waals surface area (Å²) >= 11 is 6.49. The summed E-state index contributed by atoms with van der Waals surface area (Å²) in [6.07, 6.45) is 3.43. The molecule has 2 aromatic rings. The highest BCUT2D eigenvalue weighted by Gasteiger charge is 2.43. The molecule has 1 amide bonds. The quantitative estimate of drug-likeness (QED) is 0.612. The van der Waals surface area contributed by atoms with Gasteiger partial charge in [-0.05, 0) is 50.7 Å². The van der Waals surface area contributed by atoms with Gasteiger partial charge in [0.1, 0.15) is 18.1 Å². The second-order valence-electron chi connectivity index (χ2n) is 9.64. The van der Waals surface area contributed by atoms with Crippen LogP contribution in [-0.4, -0.2) is 63.0 Å². The number of fused-ring (bicyclic) bond motifs is 1. The maximum Gasteiger partial charge on any atom is 0.344 e. The Bertz CT molecular complexity index is 1020. The van der Waals surface area contributed by atoms with Crippen LogP contribution in [0.25, 0.3) is 0 Å². The number of hydrogen-bond donors (Lipinski definition) is 1. The predicted octanol–water partition coefficient (Wildman–Crippen LogP) is 3.78. The molecule has 8 nitrogen and oxygen atoms in total. The summed E-state index contributed by atoms with van der Waals surface area (Å²) in [5, 5.41) is 14.5. The summed E-state index contributed by atoms with van der Waals surface area (Å²) in [5.41, 5.74) is 0.197. The van der Waals surface area contributed by atoms with Crippen LogP contribution in [0.4, 0.5) is 4.79 Å². The Labute approximate surface area is 198 Å². The average molecular weight is 476 g/mol. The van der Waals surface area contributed by atoms with Crippen molar-refractivity contribution in [2.75, 3.05) is 19.7 Å². The van der Waals surface area contributed by atoms with Crippen molar-refractivity contribution in [2.45, 2.75) is 51.9 Å². The fraction of sp³-hybridized carbons (Fsp3) is 0.542. The van der Waals surface area contributed by atoms with Gasteiger partial charge in [0, 0.05) is 31.8 Å². The van der Waals surface area contributed by atoms with Gasteiger partial charge >= 0.3 is 6.03 Å². The molecule has 1 saturated carbocycles. The highest BCUT2D eigenvalue weighted by molar-refractivity contribution is 6.32. The molecule has 1 aliphatic carbocycles. The molecule has 4 rings (SSSR count). The molecule has 1 aromatic carbocycles. The van der Waals surface area contributed by atoms with Crippen LogP contribution in [0.1, 0.15) is 49.7 Å². The first-order chi connectivity index (χ1) is 15.6. The highest BCUT2D eigenvalue weighted by Crippen LogP contribution is 2.40. The normalized spacial score (nSPS) is 22.5. The number of rotatable bonds is 7. The first kappa shape index (κ1) is 23.7. The van der Waals surface area contributed by atoms with Crippen molar-refractivity contribution in [3.8, 4) is 5.75 Å². The number of Topliss-reactive ketones (excluding diaryl/α,β-unsaturated/α-hetero) is 1. The number of carbonyl (C=O) groups excluding carboxylic acids is 2. The lowest BCUT2D eigenvalue weighted by Crippen LogP contribution is -2.34. The SMILES string of the molecule is CC(=O)c1ccn(C(=O)N2C[C@H]3C[C@H](OCc4cccc(OCC(C)(C)O)c4Cl)C[C@H]3C2)n1. The number of halogens is 1. The third kappa shape index (κ3) is 5.57. The summed E-state index contributed by atoms with van der Waals surface area (Å²) in [6.45, 7) is 6.65. The second kappa shape index (κ2) is 9.44. The molecule has 0 spiro atoms. The smallest absolute Gasteiger partial charge is 0.344 e. The van der Waals surface area contributed by atoms with E-state index in [0.29, 0.717) is 48.0 Å². The standard InChI is InChI=1S/C24H30ClN3O5/c1-15(29)20-7-8-28(26-20)23(30)27-11-17-9-19(10-18(17)12-27)32-13-16-5-4-6-21(22(16)25)33-14-24(2,3)31/h4-8,17-19,31H,9-14H2,1-3H3/t17-,18+,19+. The van der Waals surface area contributed by atoms with Crippen LogP contribution in [0.2, 0.25) is 5.02 Å². The number of ether oxygens (including phenoxy) is 2. The first-order valence-electron chi connectivity index (χ1n) is 11.2. The molecule has 0 unspecified atom stereocenters. The monoisotopic (exact) mass is 475 g/mol. The van der Waals surface area contributed by atoms with E-state index in [2.05, 4.69) is 5.10 Å². The van der Waals surface area contributed by atoms with Crippen molar-refractivity contribution >= 4 is 23.4 Å². The molecule has 0 bridgehead atoms. The van der Waals surface area contributed by atoms with Gasteiger partial charge in [0.25, 0.3) is 0 Å². The predicted molar refractivity (Wildman–Crippen MR) is 123 cm³/mol. The first-order valence-corrected chi connectivity index (χ1v) is 11.6. The van der Waals surface area contributed by atoms with Crippen molar-refractivity contribution in [3.63, 3.8) is 0 Å². The molecule has 1 aromatic heterocycles. The number of amides is 1. The molecule has 33 heavy (non-hydrogen) atoms. The van der Waals surface area contributed by atoms with Gasteiger partial charge < -0.3 is 19.5 Å². The van der Waals surface area contributed by atoms with Gasteiger partial charge in [0.15, 0.2) is 5.78 Å². The van der Waals surface area contributed by atoms with E-state index >= 15 is 0 Å². The maximum atomic E-state index is 12.7. The van der Waals surface area contributed by atoms with Crippen molar-refractivity contribution in [2.24, 2.45) is 11.8 Å². The van der Waals surface area contributed by atoms with Crippen molar-refractivity contribution < 1.29 is 24.2 Å². The van der Waals surface area contributed by atoms with Gasteiger partial charge in [-0.25, -0.2) is 4.79 Å². The minimum atomic E-state index is -0.945. The third-order valence-electron chi connectivity index (χ3n) is 6.22. The van der Waals surface area contributed by atoms with E-state index < -0.39 is 5.60 Å². The van der Waals surface area contributed by atoms with Crippen molar-refractivity contribution in [3.05, 3.63) is 46.7 Å². The summed E-state index contributed by atoms with van der Waals surface area (Å²) in [6, 6.07) is 6.93. The van der Waals surface area contributed by atoms with E-state index in [0.717, 1.165) is 18.4 Å². The zero-order chi connectivity index (χ0) is 23.8. The largest absolute Gasteiger partial charge is 0.489 e. The number of aromatic nitrogens is 2. The molecule has 2 heterocycles. The number of ketones is 1. The van der Waals surface area contributed by atoms with Crippen LogP contribution >= 0.6 is 11.6 Å². The maximum absolute atomic E-state index is 12.7. The topological polar surface area (TPSA) is 93.9 Å². The second-order valence-corrected chi connectivity index (χ2v) is 10.0. The number of nitrogens with zero attached hydrogens (tertiary/aromatic N) is 3. The number of carbonyl (C=O) groups is 2. The van der Waals surface area contributed by atoms with Gasteiger partial charge in [-0.3, -0.25) is 4.79 Å². The lowest BCUT2D eigenvalue weighted by Gasteiger charge is -2.20. The molecule has 9 heteroatoms. The van der Waals surface area contributed by atoms with Gasteiger partial charge in [0.2, 0.25) is 0 Å². The van der Waals surface area contributed by atoms with Crippen LogP contribution < -0.4 is 4.74 Å². The van der Waals surface area contributed by atoms with Gasteiger partial charge in [-0.15, -0.1) is 0 Å². The van der Waals surface area contributed by atoms with Gasteiger partial charge in [-0.1, -0.05) is 23.7 Å². The lowest BCUT2D eigenvalue weighted by molar-refractivity contribution is 0.0279. The zero-order valence-corrected chi connectivity index (χ0v) is 19.9. The third-order valence-corrected chi connectivity index (χ3v) is 6.65. The van der Waals surface area contributed by atoms with Crippen LogP contribution in [0.3, 0.4) is 0 Å². The van der Waals surface area contributed by atoms with Crippen LogP contribution in [0, 0.1) is 11.8 Å². The van der Waals surface area contributed by atoms with E-state index in [9.17, 15) is 14.7 Å². The van der Waals surface area contributed by atoms with Crippen molar-refractivity contribution in [1.29, 1.82) is 0 Å². The minimum Gasteiger partial charge on any atom is -0.489 e. The number of benzene rings is 1. The highest BCUT2D eigenvalue weighted by atomic mass is 35.5. The summed E-state index contributed by atoms with van der Waals surface area (Å²) in [5.74, 6) is 1.15. The Balaban J connectivity index is 1.28. The molecule has 1 aliphatic heterocycles. The number of aliphatic hydroxyl groups is 1. The molecule has 0 radical (unpaired) electrons. The molecular formula is C24H30ClN3O5. The zero-order valence-electron chi connectivity index (χ0n) is 19.2. The summed E-state index contributed by atoms with van der Waals surface area (Å²) < 4.78 is 13.1. The average Bonchev–Trinajstić information content (AvgIpc) is 3.46. The van der Waals surface area contributed by atoms with E-state index in [4.69, 9.17) is 21.1 Å². The Morgan fingerprint density at radius 3 is 2.52 bits per heavy atom. The van der Waals surface area contributed by atoms with E-state index in [1.807, 2.05) is 17.0 Å². The fourth-order valence-corrected chi connectivity index (χ4v) is 4.78. The summed E-state index contributed by atoms with van der Waals surface area (Å²) in [7, 11) is 0. The molecular weight excluding hydrogens is 446 g/mol. The molecule has 2 fully saturated rings. The van der Waals surface area contributed by atoms with Crippen LogP contribution in [-0.2, 0) is 11.3 Å². The molecule has 1 saturated heterocycles. The van der Waals surface area contributed by atoms with Gasteiger partial charge in [-0.2, -0.15) is 9.78 Å². The fourth-order valence-electron chi connectivity index (χ4n) is 4.54. The number of likely N-dealkylation sites (tertiary alicyclic amines) is 1. The molecule has 3 atom stereocenters. The molecule has 178 valence electrons. The van der Waals surface area contributed by atoms with Crippen LogP contribution in [0.15, 0.2) is 30.5 Å². The summed E-state index contributed by atoms with van der Waals surface area (Å²) in [4.78, 5) is 26.0. The molecule has 2 aliphatic rings. The Morgan fingerprint density at radius 1 is 1.21 bits per heavy atom. The Kier molecular flexibility index (Phi) is 6.79. The Morgan fingerprint density at radius 2 is 1.91 bits per heavy atom. The minimum absolute atomic E-state index is 0.114. The molecule has 1 N–H and O–H groups in total. The Hall–Kier alpha value is -2.42. The van der Waals surface area contributed by atoms with E-state index in [-0.39, 0.29) is 24.5 Å². The lowest BCUT2D eigenvalue weighted by atomic mass is 10.0. The van der Waals surface area contributed by atoms with Crippen molar-refractivity contribution in [1.82, 2.24) is 14.7 Å². The number of hydrogen-bond acceptors (Lipinski definition) is 6.